The molecule has 0 amide bonds. The average molecular weight is 215 g/mol. The molecule has 0 spiro atoms. The molecule has 6 heteroatoms. The third-order valence-electron chi connectivity index (χ3n) is 2.44. The van der Waals surface area contributed by atoms with Gasteiger partial charge in [0.15, 0.2) is 9.84 Å². The molecule has 1 aromatic heterocycles. The summed E-state index contributed by atoms with van der Waals surface area (Å²) in [5, 5.41) is 4.18. The highest BCUT2D eigenvalue weighted by Crippen LogP contribution is 2.25. The first-order valence-electron chi connectivity index (χ1n) is 4.50. The highest BCUT2D eigenvalue weighted by Gasteiger charge is 2.30. The number of hydrogen-bond donors (Lipinski definition) is 1. The van der Waals surface area contributed by atoms with Crippen molar-refractivity contribution in [1.82, 2.24) is 9.78 Å². The summed E-state index contributed by atoms with van der Waals surface area (Å²) in [6.07, 6.45) is 0.619. The minimum Gasteiger partial charge on any atom is -0.384 e. The summed E-state index contributed by atoms with van der Waals surface area (Å²) in [6.45, 7) is 1.84. The molecule has 5 nitrogen and oxygen atoms in total. The van der Waals surface area contributed by atoms with E-state index in [0.717, 1.165) is 5.69 Å². The van der Waals surface area contributed by atoms with Crippen LogP contribution in [0.15, 0.2) is 6.07 Å². The molecule has 0 unspecified atom stereocenters. The SMILES string of the molecule is Cc1cc(N)n([C@@H]2CCS(=O)(=O)C2)n1. The van der Waals surface area contributed by atoms with Crippen molar-refractivity contribution in [2.75, 3.05) is 17.2 Å². The van der Waals surface area contributed by atoms with Crippen LogP contribution in [0.1, 0.15) is 18.2 Å². The van der Waals surface area contributed by atoms with E-state index in [4.69, 9.17) is 5.73 Å². The van der Waals surface area contributed by atoms with E-state index in [9.17, 15) is 8.42 Å². The highest BCUT2D eigenvalue weighted by atomic mass is 32.2. The third-order valence-corrected chi connectivity index (χ3v) is 4.19. The van der Waals surface area contributed by atoms with E-state index < -0.39 is 9.84 Å². The van der Waals surface area contributed by atoms with Crippen molar-refractivity contribution in [2.24, 2.45) is 0 Å². The summed E-state index contributed by atoms with van der Waals surface area (Å²) in [4.78, 5) is 0. The number of sulfone groups is 1. The number of hydrogen-bond acceptors (Lipinski definition) is 4. The van der Waals surface area contributed by atoms with Gasteiger partial charge < -0.3 is 5.73 Å². The Balaban J connectivity index is 2.30. The molecule has 0 aliphatic carbocycles. The van der Waals surface area contributed by atoms with Crippen LogP contribution in [-0.2, 0) is 9.84 Å². The van der Waals surface area contributed by atoms with Gasteiger partial charge in [-0.25, -0.2) is 13.1 Å². The van der Waals surface area contributed by atoms with E-state index in [-0.39, 0.29) is 17.5 Å². The Morgan fingerprint density at radius 2 is 2.36 bits per heavy atom. The van der Waals surface area contributed by atoms with Crippen LogP contribution in [0.5, 0.6) is 0 Å². The van der Waals surface area contributed by atoms with Crippen molar-refractivity contribution in [3.8, 4) is 0 Å². The van der Waals surface area contributed by atoms with Crippen molar-refractivity contribution in [2.45, 2.75) is 19.4 Å². The van der Waals surface area contributed by atoms with Gasteiger partial charge in [-0.05, 0) is 13.3 Å². The van der Waals surface area contributed by atoms with Gasteiger partial charge in [-0.3, -0.25) is 0 Å². The minimum atomic E-state index is -2.87. The summed E-state index contributed by atoms with van der Waals surface area (Å²) in [7, 11) is -2.87. The standard InChI is InChI=1S/C8H13N3O2S/c1-6-4-8(9)11(10-6)7-2-3-14(12,13)5-7/h4,7H,2-3,5,9H2,1H3/t7-/m1/s1. The van der Waals surface area contributed by atoms with Crippen molar-refractivity contribution in [3.63, 3.8) is 0 Å². The molecule has 1 atom stereocenters. The second-order valence-corrected chi connectivity index (χ2v) is 5.94. The van der Waals surface area contributed by atoms with Crippen molar-refractivity contribution >= 4 is 15.7 Å². The molecule has 0 radical (unpaired) electrons. The van der Waals surface area contributed by atoms with Crippen LogP contribution in [-0.4, -0.2) is 29.7 Å². The summed E-state index contributed by atoms with van der Waals surface area (Å²) in [6, 6.07) is 1.68. The monoisotopic (exact) mass is 215 g/mol. The topological polar surface area (TPSA) is 78.0 Å². The fraction of sp³-hybridized carbons (Fsp3) is 0.625. The van der Waals surface area contributed by atoms with E-state index in [1.165, 1.54) is 0 Å². The molecule has 1 fully saturated rings. The Morgan fingerprint density at radius 1 is 1.64 bits per heavy atom. The van der Waals surface area contributed by atoms with Gasteiger partial charge in [0.05, 0.1) is 23.2 Å². The van der Waals surface area contributed by atoms with Gasteiger partial charge in [-0.2, -0.15) is 5.10 Å². The second-order valence-electron chi connectivity index (χ2n) is 3.71. The Morgan fingerprint density at radius 3 is 2.79 bits per heavy atom. The number of rotatable bonds is 1. The predicted molar refractivity (Wildman–Crippen MR) is 53.7 cm³/mol. The van der Waals surface area contributed by atoms with Gasteiger partial charge in [0.2, 0.25) is 0 Å². The largest absolute Gasteiger partial charge is 0.384 e. The van der Waals surface area contributed by atoms with E-state index in [1.54, 1.807) is 10.7 Å². The van der Waals surface area contributed by atoms with Crippen LogP contribution < -0.4 is 5.73 Å². The lowest BCUT2D eigenvalue weighted by Gasteiger charge is -2.09. The first-order chi connectivity index (χ1) is 6.48. The van der Waals surface area contributed by atoms with Gasteiger partial charge in [-0.15, -0.1) is 0 Å². The van der Waals surface area contributed by atoms with Crippen LogP contribution in [0.4, 0.5) is 5.82 Å². The van der Waals surface area contributed by atoms with Crippen molar-refractivity contribution in [3.05, 3.63) is 11.8 Å². The molecule has 0 saturated carbocycles. The van der Waals surface area contributed by atoms with Gasteiger partial charge in [-0.1, -0.05) is 0 Å². The molecule has 1 aromatic rings. The molecule has 0 bridgehead atoms. The fourth-order valence-electron chi connectivity index (χ4n) is 1.80. The number of aryl methyl sites for hydroxylation is 1. The third kappa shape index (κ3) is 1.61. The predicted octanol–water partition coefficient (Wildman–Crippen LogP) is 0.133. The minimum absolute atomic E-state index is 0.0753. The number of nitrogen functional groups attached to an aromatic ring is 1. The zero-order chi connectivity index (χ0) is 10.3. The van der Waals surface area contributed by atoms with Crippen LogP contribution in [0.25, 0.3) is 0 Å². The first kappa shape index (κ1) is 9.51. The van der Waals surface area contributed by atoms with Crippen molar-refractivity contribution in [1.29, 1.82) is 0 Å². The van der Waals surface area contributed by atoms with Gasteiger partial charge in [0.1, 0.15) is 5.82 Å². The average Bonchev–Trinajstić information content (AvgIpc) is 2.55. The Kier molecular flexibility index (Phi) is 2.02. The maximum absolute atomic E-state index is 11.3. The molecule has 14 heavy (non-hydrogen) atoms. The summed E-state index contributed by atoms with van der Waals surface area (Å²) < 4.78 is 24.1. The Bertz CT molecular complexity index is 449. The summed E-state index contributed by atoms with van der Waals surface area (Å²) in [5.74, 6) is 0.957. The van der Waals surface area contributed by atoms with E-state index >= 15 is 0 Å². The van der Waals surface area contributed by atoms with Crippen molar-refractivity contribution < 1.29 is 8.42 Å². The van der Waals surface area contributed by atoms with Crippen LogP contribution >= 0.6 is 0 Å². The number of aromatic nitrogens is 2. The number of nitrogens with zero attached hydrogens (tertiary/aromatic N) is 2. The Hall–Kier alpha value is -1.04. The molecule has 2 N–H and O–H groups in total. The quantitative estimate of drug-likeness (QED) is 0.722. The summed E-state index contributed by atoms with van der Waals surface area (Å²) in [5.41, 5.74) is 6.54. The van der Waals surface area contributed by atoms with Gasteiger partial charge in [0.25, 0.3) is 0 Å². The molecular formula is C8H13N3O2S. The maximum atomic E-state index is 11.3. The maximum Gasteiger partial charge on any atom is 0.152 e. The molecule has 0 aromatic carbocycles. The Labute approximate surface area is 82.8 Å². The van der Waals surface area contributed by atoms with Gasteiger partial charge >= 0.3 is 0 Å². The molecule has 2 heterocycles. The fourth-order valence-corrected chi connectivity index (χ4v) is 3.49. The number of anilines is 1. The zero-order valence-corrected chi connectivity index (χ0v) is 8.79. The molecule has 2 rings (SSSR count). The summed E-state index contributed by atoms with van der Waals surface area (Å²) >= 11 is 0. The molecule has 1 aliphatic rings. The van der Waals surface area contributed by atoms with Gasteiger partial charge in [0, 0.05) is 6.07 Å². The molecule has 1 saturated heterocycles. The second kappa shape index (κ2) is 2.98. The van der Waals surface area contributed by atoms with E-state index in [2.05, 4.69) is 5.10 Å². The molecular weight excluding hydrogens is 202 g/mol. The van der Waals surface area contributed by atoms with E-state index in [0.29, 0.717) is 12.2 Å². The lowest BCUT2D eigenvalue weighted by atomic mass is 10.3. The van der Waals surface area contributed by atoms with E-state index in [1.807, 2.05) is 6.92 Å². The van der Waals surface area contributed by atoms with Crippen LogP contribution in [0.2, 0.25) is 0 Å². The normalized spacial score (nSPS) is 25.4. The highest BCUT2D eigenvalue weighted by molar-refractivity contribution is 7.91. The lowest BCUT2D eigenvalue weighted by molar-refractivity contribution is 0.504. The van der Waals surface area contributed by atoms with Crippen LogP contribution in [0, 0.1) is 6.92 Å². The zero-order valence-electron chi connectivity index (χ0n) is 7.97. The molecule has 1 aliphatic heterocycles. The number of nitrogens with two attached hydrogens (primary N) is 1. The smallest absolute Gasteiger partial charge is 0.152 e. The van der Waals surface area contributed by atoms with Crippen LogP contribution in [0.3, 0.4) is 0 Å². The first-order valence-corrected chi connectivity index (χ1v) is 6.32. The molecule has 78 valence electrons. The lowest BCUT2D eigenvalue weighted by Crippen LogP contribution is -2.14.